The third-order valence-corrected chi connectivity index (χ3v) is 4.65. The minimum Gasteiger partial charge on any atom is -0.350 e. The van der Waals surface area contributed by atoms with Gasteiger partial charge in [-0.05, 0) is 38.4 Å². The quantitative estimate of drug-likeness (QED) is 0.903. The summed E-state index contributed by atoms with van der Waals surface area (Å²) in [7, 11) is 0. The Morgan fingerprint density at radius 3 is 2.84 bits per heavy atom. The van der Waals surface area contributed by atoms with Crippen molar-refractivity contribution in [2.75, 3.05) is 13.1 Å². The molecule has 1 saturated heterocycles. The van der Waals surface area contributed by atoms with Crippen molar-refractivity contribution in [1.82, 2.24) is 19.8 Å². The van der Waals surface area contributed by atoms with Crippen LogP contribution < -0.4 is 5.32 Å². The van der Waals surface area contributed by atoms with Crippen molar-refractivity contribution in [2.24, 2.45) is 0 Å². The number of imidazole rings is 1. The number of benzene rings is 1. The number of aromatic nitrogens is 2. The summed E-state index contributed by atoms with van der Waals surface area (Å²) in [4.78, 5) is 18.3. The molecule has 0 bridgehead atoms. The summed E-state index contributed by atoms with van der Waals surface area (Å²) < 4.78 is 29.4. The lowest BCUT2D eigenvalue weighted by molar-refractivity contribution is -0.125. The minimum atomic E-state index is -0.528. The van der Waals surface area contributed by atoms with E-state index in [4.69, 9.17) is 0 Å². The van der Waals surface area contributed by atoms with Crippen LogP contribution in [0.15, 0.2) is 36.9 Å². The van der Waals surface area contributed by atoms with Crippen LogP contribution in [0, 0.1) is 11.6 Å². The number of hydrogen-bond acceptors (Lipinski definition) is 3. The lowest BCUT2D eigenvalue weighted by atomic mass is 10.0. The van der Waals surface area contributed by atoms with E-state index in [9.17, 15) is 13.6 Å². The number of amides is 1. The molecular formula is C18H22F2N4O. The largest absolute Gasteiger partial charge is 0.350 e. The molecule has 2 heterocycles. The summed E-state index contributed by atoms with van der Waals surface area (Å²) in [6.07, 6.45) is 6.73. The molecular weight excluding hydrogens is 326 g/mol. The average molecular weight is 348 g/mol. The molecule has 1 fully saturated rings. The van der Waals surface area contributed by atoms with Crippen molar-refractivity contribution >= 4 is 5.91 Å². The van der Waals surface area contributed by atoms with Crippen LogP contribution in [0.5, 0.6) is 0 Å². The summed E-state index contributed by atoms with van der Waals surface area (Å²) in [5.41, 5.74) is 0.0845. The molecule has 1 aliphatic rings. The summed E-state index contributed by atoms with van der Waals surface area (Å²) in [6, 6.07) is 3.54. The highest BCUT2D eigenvalue weighted by molar-refractivity contribution is 5.80. The van der Waals surface area contributed by atoms with E-state index in [1.54, 1.807) is 23.3 Å². The molecule has 0 aliphatic carbocycles. The molecule has 2 aromatic rings. The van der Waals surface area contributed by atoms with E-state index < -0.39 is 11.6 Å². The van der Waals surface area contributed by atoms with Gasteiger partial charge in [0.1, 0.15) is 17.7 Å². The lowest BCUT2D eigenvalue weighted by Gasteiger charge is -2.33. The SMILES string of the molecule is C[C@@H](C(=O)N[C@H]1CCCN(Cc2c(F)cccc2F)C1)n1ccnc1. The van der Waals surface area contributed by atoms with Gasteiger partial charge in [0.15, 0.2) is 0 Å². The predicted octanol–water partition coefficient (Wildman–Crippen LogP) is 2.50. The number of hydrogen-bond donors (Lipinski definition) is 1. The van der Waals surface area contributed by atoms with Gasteiger partial charge in [-0.25, -0.2) is 13.8 Å². The van der Waals surface area contributed by atoms with Gasteiger partial charge in [0, 0.05) is 37.1 Å². The van der Waals surface area contributed by atoms with E-state index >= 15 is 0 Å². The van der Waals surface area contributed by atoms with Gasteiger partial charge >= 0.3 is 0 Å². The van der Waals surface area contributed by atoms with Gasteiger partial charge in [-0.1, -0.05) is 6.07 Å². The Hall–Kier alpha value is -2.28. The zero-order valence-corrected chi connectivity index (χ0v) is 14.2. The average Bonchev–Trinajstić information content (AvgIpc) is 3.12. The van der Waals surface area contributed by atoms with E-state index in [2.05, 4.69) is 10.3 Å². The zero-order chi connectivity index (χ0) is 17.8. The molecule has 7 heteroatoms. The standard InChI is InChI=1S/C18H22F2N4O/c1-13(24-9-7-21-12-24)18(25)22-14-4-3-8-23(10-14)11-15-16(19)5-2-6-17(15)20/h2,5-7,9,12-14H,3-4,8,10-11H2,1H3,(H,22,25)/t13-,14-/m0/s1. The van der Waals surface area contributed by atoms with Gasteiger partial charge in [-0.3, -0.25) is 9.69 Å². The predicted molar refractivity (Wildman–Crippen MR) is 89.7 cm³/mol. The van der Waals surface area contributed by atoms with Gasteiger partial charge in [0.25, 0.3) is 0 Å². The molecule has 1 aromatic carbocycles. The molecule has 0 radical (unpaired) electrons. The van der Waals surface area contributed by atoms with Crippen LogP contribution in [0.1, 0.15) is 31.4 Å². The second-order valence-corrected chi connectivity index (χ2v) is 6.47. The first kappa shape index (κ1) is 17.5. The number of likely N-dealkylation sites (tertiary alicyclic amines) is 1. The number of nitrogens with zero attached hydrogens (tertiary/aromatic N) is 3. The van der Waals surface area contributed by atoms with E-state index in [0.29, 0.717) is 6.54 Å². The molecule has 1 amide bonds. The van der Waals surface area contributed by atoms with Crippen molar-refractivity contribution in [3.8, 4) is 0 Å². The summed E-state index contributed by atoms with van der Waals surface area (Å²) >= 11 is 0. The van der Waals surface area contributed by atoms with Gasteiger partial charge in [-0.2, -0.15) is 0 Å². The lowest BCUT2D eigenvalue weighted by Crippen LogP contribution is -2.48. The van der Waals surface area contributed by atoms with Crippen LogP contribution in [0.3, 0.4) is 0 Å². The smallest absolute Gasteiger partial charge is 0.243 e. The minimum absolute atomic E-state index is 0.0259. The van der Waals surface area contributed by atoms with Crippen LogP contribution in [0.25, 0.3) is 0 Å². The first-order valence-electron chi connectivity index (χ1n) is 8.47. The van der Waals surface area contributed by atoms with Crippen LogP contribution in [-0.4, -0.2) is 39.5 Å². The fraction of sp³-hybridized carbons (Fsp3) is 0.444. The van der Waals surface area contributed by atoms with Crippen molar-refractivity contribution in [3.05, 3.63) is 54.1 Å². The van der Waals surface area contributed by atoms with Gasteiger partial charge in [0.05, 0.1) is 6.33 Å². The molecule has 1 aliphatic heterocycles. The Kier molecular flexibility index (Phi) is 5.43. The number of piperidine rings is 1. The van der Waals surface area contributed by atoms with Crippen LogP contribution in [-0.2, 0) is 11.3 Å². The van der Waals surface area contributed by atoms with E-state index in [1.807, 2.05) is 11.8 Å². The van der Waals surface area contributed by atoms with E-state index in [0.717, 1.165) is 19.4 Å². The summed E-state index contributed by atoms with van der Waals surface area (Å²) in [6.45, 7) is 3.36. The molecule has 1 N–H and O–H groups in total. The topological polar surface area (TPSA) is 50.2 Å². The number of carbonyl (C=O) groups excluding carboxylic acids is 1. The number of rotatable bonds is 5. The number of nitrogens with one attached hydrogen (secondary N) is 1. The highest BCUT2D eigenvalue weighted by atomic mass is 19.1. The molecule has 5 nitrogen and oxygen atoms in total. The Morgan fingerprint density at radius 2 is 2.16 bits per heavy atom. The Labute approximate surface area is 145 Å². The Morgan fingerprint density at radius 1 is 1.40 bits per heavy atom. The monoisotopic (exact) mass is 348 g/mol. The fourth-order valence-corrected chi connectivity index (χ4v) is 3.18. The number of halogens is 2. The zero-order valence-electron chi connectivity index (χ0n) is 14.2. The Bertz CT molecular complexity index is 700. The highest BCUT2D eigenvalue weighted by Crippen LogP contribution is 2.19. The molecule has 2 atom stereocenters. The van der Waals surface area contributed by atoms with E-state index in [1.165, 1.54) is 18.2 Å². The maximum absolute atomic E-state index is 13.8. The third kappa shape index (κ3) is 4.22. The van der Waals surface area contributed by atoms with Gasteiger partial charge in [-0.15, -0.1) is 0 Å². The molecule has 1 aromatic heterocycles. The molecule has 134 valence electrons. The maximum atomic E-state index is 13.8. The van der Waals surface area contributed by atoms with Crippen molar-refractivity contribution < 1.29 is 13.6 Å². The van der Waals surface area contributed by atoms with Crippen LogP contribution >= 0.6 is 0 Å². The molecule has 0 spiro atoms. The normalized spacial score (nSPS) is 19.6. The first-order chi connectivity index (χ1) is 12.0. The third-order valence-electron chi connectivity index (χ3n) is 4.65. The van der Waals surface area contributed by atoms with Crippen molar-refractivity contribution in [2.45, 2.75) is 38.4 Å². The van der Waals surface area contributed by atoms with Crippen molar-refractivity contribution in [3.63, 3.8) is 0 Å². The van der Waals surface area contributed by atoms with Gasteiger partial charge in [0.2, 0.25) is 5.91 Å². The second-order valence-electron chi connectivity index (χ2n) is 6.47. The molecule has 0 unspecified atom stereocenters. The summed E-state index contributed by atoms with van der Waals surface area (Å²) in [5.74, 6) is -1.14. The molecule has 0 saturated carbocycles. The van der Waals surface area contributed by atoms with Gasteiger partial charge < -0.3 is 9.88 Å². The first-order valence-corrected chi connectivity index (χ1v) is 8.47. The fourth-order valence-electron chi connectivity index (χ4n) is 3.18. The van der Waals surface area contributed by atoms with E-state index in [-0.39, 0.29) is 30.1 Å². The Balaban J connectivity index is 1.59. The van der Waals surface area contributed by atoms with Crippen LogP contribution in [0.4, 0.5) is 8.78 Å². The maximum Gasteiger partial charge on any atom is 0.243 e. The summed E-state index contributed by atoms with van der Waals surface area (Å²) in [5, 5.41) is 3.04. The molecule has 3 rings (SSSR count). The highest BCUT2D eigenvalue weighted by Gasteiger charge is 2.25. The number of carbonyl (C=O) groups is 1. The van der Waals surface area contributed by atoms with Crippen LogP contribution in [0.2, 0.25) is 0 Å². The second kappa shape index (κ2) is 7.74. The van der Waals surface area contributed by atoms with Crippen molar-refractivity contribution in [1.29, 1.82) is 0 Å². The molecule has 25 heavy (non-hydrogen) atoms.